The van der Waals surface area contributed by atoms with Crippen molar-refractivity contribution in [2.45, 2.75) is 26.3 Å². The minimum Gasteiger partial charge on any atom is -0.457 e. The van der Waals surface area contributed by atoms with E-state index < -0.39 is 0 Å². The Balaban J connectivity index is 1.64. The molecule has 0 saturated heterocycles. The van der Waals surface area contributed by atoms with Crippen LogP contribution in [0.4, 0.5) is 0 Å². The zero-order valence-corrected chi connectivity index (χ0v) is 14.9. The summed E-state index contributed by atoms with van der Waals surface area (Å²) in [5.74, 6) is 1.90. The number of carbonyl (C=O) groups is 1. The van der Waals surface area contributed by atoms with Gasteiger partial charge < -0.3 is 14.6 Å². The normalized spacial score (nSPS) is 10.7. The molecular formula is C20H22N4O2. The monoisotopic (exact) mass is 350 g/mol. The Hall–Kier alpha value is -3.15. The number of nitrogens with one attached hydrogen (secondary N) is 1. The van der Waals surface area contributed by atoms with Crippen molar-refractivity contribution in [1.82, 2.24) is 20.1 Å². The van der Waals surface area contributed by atoms with Gasteiger partial charge in [0, 0.05) is 19.0 Å². The Morgan fingerprint density at radius 2 is 1.85 bits per heavy atom. The SMILES string of the molecule is CC(C)n1cnnc1CCNC(=O)c1ccccc1Oc1ccccc1. The summed E-state index contributed by atoms with van der Waals surface area (Å²) in [7, 11) is 0. The van der Waals surface area contributed by atoms with Crippen LogP contribution in [0.15, 0.2) is 60.9 Å². The van der Waals surface area contributed by atoms with Gasteiger partial charge in [0.2, 0.25) is 0 Å². The van der Waals surface area contributed by atoms with Gasteiger partial charge in [-0.1, -0.05) is 30.3 Å². The van der Waals surface area contributed by atoms with Gasteiger partial charge in [-0.3, -0.25) is 4.79 Å². The number of ether oxygens (including phenoxy) is 1. The maximum Gasteiger partial charge on any atom is 0.255 e. The molecule has 0 aliphatic heterocycles. The number of amides is 1. The minimum absolute atomic E-state index is 0.174. The lowest BCUT2D eigenvalue weighted by Gasteiger charge is -2.12. The number of hydrogen-bond donors (Lipinski definition) is 1. The number of hydrogen-bond acceptors (Lipinski definition) is 4. The van der Waals surface area contributed by atoms with Crippen molar-refractivity contribution in [3.8, 4) is 11.5 Å². The van der Waals surface area contributed by atoms with Gasteiger partial charge in [-0.2, -0.15) is 0 Å². The van der Waals surface area contributed by atoms with E-state index in [4.69, 9.17) is 4.74 Å². The Kier molecular flexibility index (Phi) is 5.63. The summed E-state index contributed by atoms with van der Waals surface area (Å²) in [6.07, 6.45) is 2.33. The fourth-order valence-corrected chi connectivity index (χ4v) is 2.62. The van der Waals surface area contributed by atoms with Crippen molar-refractivity contribution in [2.24, 2.45) is 0 Å². The van der Waals surface area contributed by atoms with Crippen molar-refractivity contribution < 1.29 is 9.53 Å². The van der Waals surface area contributed by atoms with Crippen molar-refractivity contribution in [3.63, 3.8) is 0 Å². The van der Waals surface area contributed by atoms with E-state index in [-0.39, 0.29) is 11.9 Å². The second kappa shape index (κ2) is 8.29. The van der Waals surface area contributed by atoms with Crippen LogP contribution in [0.3, 0.4) is 0 Å². The summed E-state index contributed by atoms with van der Waals surface area (Å²) in [4.78, 5) is 12.6. The topological polar surface area (TPSA) is 69.0 Å². The maximum atomic E-state index is 12.6. The standard InChI is InChI=1S/C20H22N4O2/c1-15(2)24-14-22-23-19(24)12-13-21-20(25)17-10-6-7-11-18(17)26-16-8-4-3-5-9-16/h3-11,14-15H,12-13H2,1-2H3,(H,21,25). The Morgan fingerprint density at radius 3 is 2.62 bits per heavy atom. The first kappa shape index (κ1) is 17.7. The molecule has 6 heteroatoms. The van der Waals surface area contributed by atoms with Gasteiger partial charge in [0.25, 0.3) is 5.91 Å². The van der Waals surface area contributed by atoms with Crippen LogP contribution in [0.2, 0.25) is 0 Å². The molecule has 1 aromatic heterocycles. The highest BCUT2D eigenvalue weighted by molar-refractivity contribution is 5.97. The second-order valence-electron chi connectivity index (χ2n) is 6.17. The van der Waals surface area contributed by atoms with Crippen LogP contribution in [-0.4, -0.2) is 27.2 Å². The number of carbonyl (C=O) groups excluding carboxylic acids is 1. The number of rotatable bonds is 7. The maximum absolute atomic E-state index is 12.6. The lowest BCUT2D eigenvalue weighted by atomic mass is 10.2. The average Bonchev–Trinajstić information content (AvgIpc) is 3.12. The van der Waals surface area contributed by atoms with E-state index in [9.17, 15) is 4.79 Å². The van der Waals surface area contributed by atoms with Gasteiger partial charge in [-0.25, -0.2) is 0 Å². The van der Waals surface area contributed by atoms with Crippen molar-refractivity contribution >= 4 is 5.91 Å². The molecule has 134 valence electrons. The fraction of sp³-hybridized carbons (Fsp3) is 0.250. The Labute approximate surface area is 152 Å². The summed E-state index contributed by atoms with van der Waals surface area (Å²) in [6.45, 7) is 4.62. The summed E-state index contributed by atoms with van der Waals surface area (Å²) < 4.78 is 7.84. The van der Waals surface area contributed by atoms with Gasteiger partial charge in [0.15, 0.2) is 0 Å². The molecule has 1 heterocycles. The third kappa shape index (κ3) is 4.27. The van der Waals surface area contributed by atoms with Crippen molar-refractivity contribution in [2.75, 3.05) is 6.54 Å². The van der Waals surface area contributed by atoms with Crippen LogP contribution >= 0.6 is 0 Å². The van der Waals surface area contributed by atoms with Crippen LogP contribution in [0.5, 0.6) is 11.5 Å². The molecule has 0 atom stereocenters. The summed E-state index contributed by atoms with van der Waals surface area (Å²) >= 11 is 0. The van der Waals surface area contributed by atoms with Gasteiger partial charge in [-0.15, -0.1) is 10.2 Å². The average molecular weight is 350 g/mol. The molecule has 0 aliphatic rings. The second-order valence-corrected chi connectivity index (χ2v) is 6.17. The largest absolute Gasteiger partial charge is 0.457 e. The Bertz CT molecular complexity index is 859. The summed E-state index contributed by atoms with van der Waals surface area (Å²) in [6, 6.07) is 16.9. The first-order valence-electron chi connectivity index (χ1n) is 8.63. The zero-order chi connectivity index (χ0) is 18.4. The molecule has 26 heavy (non-hydrogen) atoms. The molecule has 3 aromatic rings. The van der Waals surface area contributed by atoms with Crippen molar-refractivity contribution in [1.29, 1.82) is 0 Å². The minimum atomic E-state index is -0.174. The number of para-hydroxylation sites is 2. The smallest absolute Gasteiger partial charge is 0.255 e. The van der Waals surface area contributed by atoms with Crippen LogP contribution in [0.25, 0.3) is 0 Å². The van der Waals surface area contributed by atoms with E-state index in [0.717, 1.165) is 5.82 Å². The molecule has 0 saturated carbocycles. The third-order valence-corrected chi connectivity index (χ3v) is 3.94. The molecule has 0 spiro atoms. The highest BCUT2D eigenvalue weighted by atomic mass is 16.5. The van der Waals surface area contributed by atoms with E-state index in [1.54, 1.807) is 18.5 Å². The van der Waals surface area contributed by atoms with Crippen LogP contribution in [0, 0.1) is 0 Å². The van der Waals surface area contributed by atoms with E-state index >= 15 is 0 Å². The predicted octanol–water partition coefficient (Wildman–Crippen LogP) is 3.62. The van der Waals surface area contributed by atoms with E-state index in [1.165, 1.54) is 0 Å². The summed E-state index contributed by atoms with van der Waals surface area (Å²) in [5, 5.41) is 11.0. The third-order valence-electron chi connectivity index (χ3n) is 3.94. The van der Waals surface area contributed by atoms with E-state index in [1.807, 2.05) is 47.0 Å². The first-order chi connectivity index (χ1) is 12.6. The molecule has 0 aliphatic carbocycles. The quantitative estimate of drug-likeness (QED) is 0.706. The molecule has 6 nitrogen and oxygen atoms in total. The molecule has 1 amide bonds. The first-order valence-corrected chi connectivity index (χ1v) is 8.63. The lowest BCUT2D eigenvalue weighted by molar-refractivity contribution is 0.0951. The van der Waals surface area contributed by atoms with Crippen LogP contribution < -0.4 is 10.1 Å². The zero-order valence-electron chi connectivity index (χ0n) is 14.9. The van der Waals surface area contributed by atoms with Crippen LogP contribution in [-0.2, 0) is 6.42 Å². The van der Waals surface area contributed by atoms with Gasteiger partial charge >= 0.3 is 0 Å². The molecule has 3 rings (SSSR count). The predicted molar refractivity (Wildman–Crippen MR) is 99.4 cm³/mol. The van der Waals surface area contributed by atoms with Gasteiger partial charge in [-0.05, 0) is 38.1 Å². The Morgan fingerprint density at radius 1 is 1.12 bits per heavy atom. The van der Waals surface area contributed by atoms with Gasteiger partial charge in [0.1, 0.15) is 23.7 Å². The van der Waals surface area contributed by atoms with Crippen LogP contribution in [0.1, 0.15) is 36.1 Å². The molecule has 0 unspecified atom stereocenters. The molecule has 0 radical (unpaired) electrons. The highest BCUT2D eigenvalue weighted by Gasteiger charge is 2.13. The summed E-state index contributed by atoms with van der Waals surface area (Å²) in [5.41, 5.74) is 0.502. The molecule has 0 bridgehead atoms. The van der Waals surface area contributed by atoms with E-state index in [2.05, 4.69) is 29.4 Å². The number of aromatic nitrogens is 3. The molecular weight excluding hydrogens is 328 g/mol. The highest BCUT2D eigenvalue weighted by Crippen LogP contribution is 2.24. The molecule has 2 aromatic carbocycles. The number of benzene rings is 2. The molecule has 1 N–H and O–H groups in total. The number of nitrogens with zero attached hydrogens (tertiary/aromatic N) is 3. The fourth-order valence-electron chi connectivity index (χ4n) is 2.62. The van der Waals surface area contributed by atoms with Gasteiger partial charge in [0.05, 0.1) is 5.56 Å². The van der Waals surface area contributed by atoms with E-state index in [0.29, 0.717) is 30.0 Å². The lowest BCUT2D eigenvalue weighted by Crippen LogP contribution is -2.27. The van der Waals surface area contributed by atoms with Crippen molar-refractivity contribution in [3.05, 3.63) is 72.3 Å². The molecule has 0 fully saturated rings.